The topological polar surface area (TPSA) is 90.2 Å². The predicted molar refractivity (Wildman–Crippen MR) is 95.5 cm³/mol. The summed E-state index contributed by atoms with van der Waals surface area (Å²) >= 11 is 0. The monoisotopic (exact) mass is 342 g/mol. The van der Waals surface area contributed by atoms with Crippen LogP contribution in [0.25, 0.3) is 11.4 Å². The maximum atomic E-state index is 11.0. The Bertz CT molecular complexity index is 766. The van der Waals surface area contributed by atoms with Crippen LogP contribution in [0.2, 0.25) is 0 Å². The van der Waals surface area contributed by atoms with Crippen molar-refractivity contribution in [1.82, 2.24) is 9.97 Å². The summed E-state index contributed by atoms with van der Waals surface area (Å²) in [5, 5.41) is 14.4. The first kappa shape index (κ1) is 17.3. The van der Waals surface area contributed by atoms with Gasteiger partial charge in [-0.1, -0.05) is 12.1 Å². The number of non-ortho nitro benzene ring substituents is 1. The number of methoxy groups -OCH3 is 1. The molecule has 1 heterocycles. The second kappa shape index (κ2) is 7.57. The summed E-state index contributed by atoms with van der Waals surface area (Å²) in [5.41, 5.74) is 1.49. The molecule has 25 heavy (non-hydrogen) atoms. The fraction of sp³-hybridized carbons (Fsp3) is 0.444. The lowest BCUT2D eigenvalue weighted by Crippen LogP contribution is -2.31. The number of aryl methyl sites for hydroxylation is 1. The maximum Gasteiger partial charge on any atom is 0.270 e. The molecular weight excluding hydrogens is 320 g/mol. The Hall–Kier alpha value is -2.54. The predicted octanol–water partition coefficient (Wildman–Crippen LogP) is 3.73. The number of nitro benzene ring substituents is 1. The van der Waals surface area contributed by atoms with Gasteiger partial charge >= 0.3 is 0 Å². The fourth-order valence-electron chi connectivity index (χ4n) is 3.23. The largest absolute Gasteiger partial charge is 0.381 e. The summed E-state index contributed by atoms with van der Waals surface area (Å²) in [6, 6.07) is 8.61. The van der Waals surface area contributed by atoms with Crippen molar-refractivity contribution in [3.8, 4) is 11.4 Å². The average molecular weight is 342 g/mol. The van der Waals surface area contributed by atoms with E-state index in [9.17, 15) is 10.1 Å². The molecule has 0 spiro atoms. The van der Waals surface area contributed by atoms with Gasteiger partial charge in [-0.25, -0.2) is 9.97 Å². The molecule has 132 valence electrons. The van der Waals surface area contributed by atoms with Gasteiger partial charge in [0.15, 0.2) is 5.82 Å². The molecule has 3 rings (SSSR count). The highest BCUT2D eigenvalue weighted by Gasteiger charge is 2.22. The van der Waals surface area contributed by atoms with Crippen molar-refractivity contribution in [1.29, 1.82) is 0 Å². The third-order valence-corrected chi connectivity index (χ3v) is 4.48. The number of benzene rings is 1. The standard InChI is InChI=1S/C18H22N4O3/c1-12-9-17(20-14-6-4-8-16(11-14)25-2)21-18(19-12)13-5-3-7-15(10-13)22(23)24/h3,5,7,9-10,14,16H,4,6,8,11H2,1-2H3,(H,19,20,21). The summed E-state index contributed by atoms with van der Waals surface area (Å²) in [5.74, 6) is 1.24. The Morgan fingerprint density at radius 1 is 1.28 bits per heavy atom. The summed E-state index contributed by atoms with van der Waals surface area (Å²) < 4.78 is 5.47. The second-order valence-corrected chi connectivity index (χ2v) is 6.39. The number of nitro groups is 1. The van der Waals surface area contributed by atoms with Crippen molar-refractivity contribution in [2.24, 2.45) is 0 Å². The third kappa shape index (κ3) is 4.30. The third-order valence-electron chi connectivity index (χ3n) is 4.48. The van der Waals surface area contributed by atoms with E-state index in [1.807, 2.05) is 13.0 Å². The zero-order chi connectivity index (χ0) is 17.8. The summed E-state index contributed by atoms with van der Waals surface area (Å²) in [4.78, 5) is 19.6. The molecule has 0 saturated heterocycles. The number of nitrogens with zero attached hydrogens (tertiary/aromatic N) is 3. The Morgan fingerprint density at radius 2 is 2.12 bits per heavy atom. The second-order valence-electron chi connectivity index (χ2n) is 6.39. The van der Waals surface area contributed by atoms with Gasteiger partial charge in [0.2, 0.25) is 0 Å². The van der Waals surface area contributed by atoms with Gasteiger partial charge in [0.25, 0.3) is 5.69 Å². The van der Waals surface area contributed by atoms with Crippen molar-refractivity contribution >= 4 is 11.5 Å². The van der Waals surface area contributed by atoms with E-state index < -0.39 is 4.92 Å². The van der Waals surface area contributed by atoms with E-state index in [4.69, 9.17) is 4.74 Å². The molecule has 1 aliphatic carbocycles. The lowest BCUT2D eigenvalue weighted by atomic mass is 9.93. The zero-order valence-corrected chi connectivity index (χ0v) is 14.4. The SMILES string of the molecule is COC1CCCC(Nc2cc(C)nc(-c3cccc([N+](=O)[O-])c3)n2)C1. The molecule has 7 nitrogen and oxygen atoms in total. The van der Waals surface area contributed by atoms with E-state index in [1.54, 1.807) is 19.2 Å². The average Bonchev–Trinajstić information content (AvgIpc) is 2.61. The number of hydrogen-bond donors (Lipinski definition) is 1. The minimum Gasteiger partial charge on any atom is -0.381 e. The molecular formula is C18H22N4O3. The van der Waals surface area contributed by atoms with E-state index in [-0.39, 0.29) is 11.8 Å². The fourth-order valence-corrected chi connectivity index (χ4v) is 3.23. The number of anilines is 1. The van der Waals surface area contributed by atoms with E-state index in [2.05, 4.69) is 15.3 Å². The molecule has 0 radical (unpaired) electrons. The molecule has 2 unspecified atom stereocenters. The van der Waals surface area contributed by atoms with Crippen molar-refractivity contribution < 1.29 is 9.66 Å². The highest BCUT2D eigenvalue weighted by atomic mass is 16.6. The molecule has 1 N–H and O–H groups in total. The maximum absolute atomic E-state index is 11.0. The molecule has 0 aliphatic heterocycles. The van der Waals surface area contributed by atoms with E-state index in [0.717, 1.165) is 37.2 Å². The number of nitrogens with one attached hydrogen (secondary N) is 1. The van der Waals surface area contributed by atoms with Gasteiger partial charge < -0.3 is 10.1 Å². The molecule has 1 fully saturated rings. The van der Waals surface area contributed by atoms with Crippen LogP contribution in [-0.4, -0.2) is 34.1 Å². The zero-order valence-electron chi connectivity index (χ0n) is 14.4. The number of ether oxygens (including phenoxy) is 1. The van der Waals surface area contributed by atoms with Crippen molar-refractivity contribution in [3.63, 3.8) is 0 Å². The van der Waals surface area contributed by atoms with Gasteiger partial charge in [0.05, 0.1) is 11.0 Å². The quantitative estimate of drug-likeness (QED) is 0.658. The molecule has 1 aliphatic rings. The summed E-state index contributed by atoms with van der Waals surface area (Å²) in [6.07, 6.45) is 4.53. The molecule has 0 amide bonds. The highest BCUT2D eigenvalue weighted by molar-refractivity contribution is 5.61. The van der Waals surface area contributed by atoms with Gasteiger partial charge in [-0.3, -0.25) is 10.1 Å². The molecule has 7 heteroatoms. The molecule has 1 aromatic carbocycles. The van der Waals surface area contributed by atoms with Crippen LogP contribution in [0.5, 0.6) is 0 Å². The first-order valence-corrected chi connectivity index (χ1v) is 8.45. The minimum atomic E-state index is -0.411. The first-order valence-electron chi connectivity index (χ1n) is 8.45. The van der Waals surface area contributed by atoms with Crippen molar-refractivity contribution in [3.05, 3.63) is 46.1 Å². The first-order chi connectivity index (χ1) is 12.0. The van der Waals surface area contributed by atoms with Gasteiger partial charge in [-0.05, 0) is 32.6 Å². The number of hydrogen-bond acceptors (Lipinski definition) is 6. The van der Waals surface area contributed by atoms with Crippen LogP contribution in [0.3, 0.4) is 0 Å². The van der Waals surface area contributed by atoms with Crippen molar-refractivity contribution in [2.45, 2.75) is 44.8 Å². The molecule has 2 aromatic rings. The van der Waals surface area contributed by atoms with E-state index in [1.165, 1.54) is 12.1 Å². The Morgan fingerprint density at radius 3 is 2.88 bits per heavy atom. The van der Waals surface area contributed by atoms with Gasteiger partial charge in [-0.15, -0.1) is 0 Å². The lowest BCUT2D eigenvalue weighted by Gasteiger charge is -2.29. The number of aromatic nitrogens is 2. The normalized spacial score (nSPS) is 20.2. The summed E-state index contributed by atoms with van der Waals surface area (Å²) in [7, 11) is 1.75. The lowest BCUT2D eigenvalue weighted by molar-refractivity contribution is -0.384. The van der Waals surface area contributed by atoms with Crippen LogP contribution in [0.15, 0.2) is 30.3 Å². The van der Waals surface area contributed by atoms with Gasteiger partial charge in [-0.2, -0.15) is 0 Å². The van der Waals surface area contributed by atoms with Crippen LogP contribution in [0.4, 0.5) is 11.5 Å². The molecule has 1 aromatic heterocycles. The molecule has 2 atom stereocenters. The molecule has 0 bridgehead atoms. The van der Waals surface area contributed by atoms with Crippen LogP contribution < -0.4 is 5.32 Å². The molecule has 1 saturated carbocycles. The Kier molecular flexibility index (Phi) is 5.23. The van der Waals surface area contributed by atoms with Crippen LogP contribution in [0.1, 0.15) is 31.4 Å². The smallest absolute Gasteiger partial charge is 0.270 e. The summed E-state index contributed by atoms with van der Waals surface area (Å²) in [6.45, 7) is 1.90. The van der Waals surface area contributed by atoms with Gasteiger partial charge in [0.1, 0.15) is 5.82 Å². The highest BCUT2D eigenvalue weighted by Crippen LogP contribution is 2.26. The Balaban J connectivity index is 1.83. The van der Waals surface area contributed by atoms with Crippen molar-refractivity contribution in [2.75, 3.05) is 12.4 Å². The van der Waals surface area contributed by atoms with Gasteiger partial charge in [0, 0.05) is 42.6 Å². The van der Waals surface area contributed by atoms with Crippen LogP contribution in [0, 0.1) is 17.0 Å². The Labute approximate surface area is 146 Å². The van der Waals surface area contributed by atoms with Crippen LogP contribution in [-0.2, 0) is 4.74 Å². The number of rotatable bonds is 5. The van der Waals surface area contributed by atoms with Crippen LogP contribution >= 0.6 is 0 Å². The van der Waals surface area contributed by atoms with E-state index in [0.29, 0.717) is 17.4 Å². The van der Waals surface area contributed by atoms with E-state index >= 15 is 0 Å². The minimum absolute atomic E-state index is 0.0346.